The molecule has 1 aliphatic heterocycles. The quantitative estimate of drug-likeness (QED) is 0.518. The molecule has 52 valence electrons. The zero-order chi connectivity index (χ0) is 6.54. The Kier molecular flexibility index (Phi) is 0.837. The fourth-order valence-electron chi connectivity index (χ4n) is 2.00. The van der Waals surface area contributed by atoms with Gasteiger partial charge in [-0.15, -0.1) is 0 Å². The van der Waals surface area contributed by atoms with Gasteiger partial charge in [0.25, 0.3) is 0 Å². The van der Waals surface area contributed by atoms with Crippen LogP contribution in [0.2, 0.25) is 0 Å². The third kappa shape index (κ3) is 0.700. The molecule has 0 aromatic rings. The summed E-state index contributed by atoms with van der Waals surface area (Å²) < 4.78 is 5.52. The van der Waals surface area contributed by atoms with Crippen LogP contribution in [-0.4, -0.2) is 17.7 Å². The summed E-state index contributed by atoms with van der Waals surface area (Å²) >= 11 is 0. The summed E-state index contributed by atoms with van der Waals surface area (Å²) in [5.74, 6) is 0. The van der Waals surface area contributed by atoms with Gasteiger partial charge < -0.3 is 10.5 Å². The lowest BCUT2D eigenvalue weighted by atomic mass is 10.0. The number of hydrogen-bond acceptors (Lipinski definition) is 2. The molecule has 1 heterocycles. The standard InChI is InChI=1S/C7H13NO/c1-6-2-3-7(8,4-6)5-9-6/h2-5,8H2,1H3. The topological polar surface area (TPSA) is 35.2 Å². The van der Waals surface area contributed by atoms with Gasteiger partial charge in [-0.3, -0.25) is 0 Å². The van der Waals surface area contributed by atoms with E-state index in [0.717, 1.165) is 25.9 Å². The normalized spacial score (nSPS) is 56.7. The Morgan fingerprint density at radius 1 is 1.44 bits per heavy atom. The predicted octanol–water partition coefficient (Wildman–Crippen LogP) is 0.657. The van der Waals surface area contributed by atoms with Crippen LogP contribution in [-0.2, 0) is 4.74 Å². The Hall–Kier alpha value is -0.0800. The summed E-state index contributed by atoms with van der Waals surface area (Å²) in [5, 5.41) is 0. The molecule has 2 N–H and O–H groups in total. The van der Waals surface area contributed by atoms with E-state index in [2.05, 4.69) is 6.92 Å². The Labute approximate surface area is 55.4 Å². The molecule has 1 saturated heterocycles. The monoisotopic (exact) mass is 127 g/mol. The van der Waals surface area contributed by atoms with E-state index in [-0.39, 0.29) is 11.1 Å². The molecule has 0 amide bonds. The fraction of sp³-hybridized carbons (Fsp3) is 1.00. The fourth-order valence-corrected chi connectivity index (χ4v) is 2.00. The van der Waals surface area contributed by atoms with Gasteiger partial charge in [0.15, 0.2) is 0 Å². The second-order valence-corrected chi connectivity index (χ2v) is 3.78. The van der Waals surface area contributed by atoms with Crippen LogP contribution in [0.1, 0.15) is 26.2 Å². The molecule has 2 atom stereocenters. The van der Waals surface area contributed by atoms with Crippen molar-refractivity contribution in [3.63, 3.8) is 0 Å². The Morgan fingerprint density at radius 2 is 2.22 bits per heavy atom. The van der Waals surface area contributed by atoms with Crippen molar-refractivity contribution >= 4 is 0 Å². The highest BCUT2D eigenvalue weighted by atomic mass is 16.5. The molecular weight excluding hydrogens is 114 g/mol. The van der Waals surface area contributed by atoms with E-state index in [4.69, 9.17) is 10.5 Å². The van der Waals surface area contributed by atoms with Crippen LogP contribution in [0, 0.1) is 0 Å². The first-order chi connectivity index (χ1) is 4.12. The van der Waals surface area contributed by atoms with Gasteiger partial charge in [-0.25, -0.2) is 0 Å². The molecule has 0 spiro atoms. The van der Waals surface area contributed by atoms with E-state index >= 15 is 0 Å². The summed E-state index contributed by atoms with van der Waals surface area (Å²) in [6.45, 7) is 2.94. The van der Waals surface area contributed by atoms with Crippen molar-refractivity contribution in [2.45, 2.75) is 37.3 Å². The summed E-state index contributed by atoms with van der Waals surface area (Å²) in [4.78, 5) is 0. The van der Waals surface area contributed by atoms with Gasteiger partial charge in [0, 0.05) is 5.54 Å². The van der Waals surface area contributed by atoms with Crippen LogP contribution in [0.15, 0.2) is 0 Å². The molecule has 2 bridgehead atoms. The third-order valence-corrected chi connectivity index (χ3v) is 2.59. The zero-order valence-corrected chi connectivity index (χ0v) is 5.81. The first-order valence-electron chi connectivity index (χ1n) is 3.55. The van der Waals surface area contributed by atoms with Crippen molar-refractivity contribution in [3.8, 4) is 0 Å². The van der Waals surface area contributed by atoms with E-state index in [9.17, 15) is 0 Å². The van der Waals surface area contributed by atoms with Crippen LogP contribution in [0.3, 0.4) is 0 Å². The zero-order valence-electron chi connectivity index (χ0n) is 5.81. The van der Waals surface area contributed by atoms with Crippen LogP contribution >= 0.6 is 0 Å². The maximum absolute atomic E-state index is 5.96. The van der Waals surface area contributed by atoms with Crippen molar-refractivity contribution in [2.75, 3.05) is 6.61 Å². The summed E-state index contributed by atoms with van der Waals surface area (Å²) in [6, 6.07) is 0. The van der Waals surface area contributed by atoms with Gasteiger partial charge in [0.1, 0.15) is 0 Å². The summed E-state index contributed by atoms with van der Waals surface area (Å²) in [6.07, 6.45) is 3.38. The first kappa shape index (κ1) is 5.69. The number of nitrogens with two attached hydrogens (primary N) is 1. The van der Waals surface area contributed by atoms with Crippen molar-refractivity contribution in [1.82, 2.24) is 0 Å². The lowest BCUT2D eigenvalue weighted by Gasteiger charge is -2.22. The van der Waals surface area contributed by atoms with Crippen LogP contribution < -0.4 is 5.73 Å². The molecule has 1 aliphatic carbocycles. The minimum Gasteiger partial charge on any atom is -0.373 e. The largest absolute Gasteiger partial charge is 0.373 e. The molecule has 2 nitrogen and oxygen atoms in total. The van der Waals surface area contributed by atoms with E-state index in [1.54, 1.807) is 0 Å². The molecule has 0 aromatic carbocycles. The molecule has 0 radical (unpaired) electrons. The third-order valence-electron chi connectivity index (χ3n) is 2.59. The minimum atomic E-state index is 0.0503. The van der Waals surface area contributed by atoms with E-state index < -0.39 is 0 Å². The van der Waals surface area contributed by atoms with Gasteiger partial charge in [-0.05, 0) is 26.2 Å². The van der Waals surface area contributed by atoms with E-state index in [1.165, 1.54) is 0 Å². The molecule has 2 heteroatoms. The first-order valence-corrected chi connectivity index (χ1v) is 3.55. The molecular formula is C7H13NO. The highest BCUT2D eigenvalue weighted by molar-refractivity contribution is 5.06. The highest BCUT2D eigenvalue weighted by Gasteiger charge is 2.50. The van der Waals surface area contributed by atoms with Crippen LogP contribution in [0.5, 0.6) is 0 Å². The molecule has 9 heavy (non-hydrogen) atoms. The van der Waals surface area contributed by atoms with Crippen molar-refractivity contribution in [3.05, 3.63) is 0 Å². The number of fused-ring (bicyclic) bond motifs is 2. The minimum absolute atomic E-state index is 0.0503. The van der Waals surface area contributed by atoms with Gasteiger partial charge >= 0.3 is 0 Å². The second-order valence-electron chi connectivity index (χ2n) is 3.78. The Bertz CT molecular complexity index is 120. The molecule has 2 unspecified atom stereocenters. The number of rotatable bonds is 0. The lowest BCUT2D eigenvalue weighted by Crippen LogP contribution is -2.38. The van der Waals surface area contributed by atoms with Crippen molar-refractivity contribution in [1.29, 1.82) is 0 Å². The van der Waals surface area contributed by atoms with E-state index in [1.807, 2.05) is 0 Å². The van der Waals surface area contributed by atoms with Gasteiger partial charge in [0.05, 0.1) is 12.2 Å². The van der Waals surface area contributed by atoms with Crippen LogP contribution in [0.25, 0.3) is 0 Å². The van der Waals surface area contributed by atoms with E-state index in [0.29, 0.717) is 0 Å². The smallest absolute Gasteiger partial charge is 0.0674 e. The van der Waals surface area contributed by atoms with Crippen molar-refractivity contribution in [2.24, 2.45) is 5.73 Å². The maximum Gasteiger partial charge on any atom is 0.0674 e. The second kappa shape index (κ2) is 1.32. The summed E-state index contributed by atoms with van der Waals surface area (Å²) in [7, 11) is 0. The lowest BCUT2D eigenvalue weighted by molar-refractivity contribution is -0.00509. The number of hydrogen-bond donors (Lipinski definition) is 1. The van der Waals surface area contributed by atoms with Gasteiger partial charge in [-0.1, -0.05) is 0 Å². The van der Waals surface area contributed by atoms with Crippen LogP contribution in [0.4, 0.5) is 0 Å². The molecule has 2 fully saturated rings. The van der Waals surface area contributed by atoms with Gasteiger partial charge in [-0.2, -0.15) is 0 Å². The summed E-state index contributed by atoms with van der Waals surface area (Å²) in [5.41, 5.74) is 6.16. The molecule has 2 rings (SSSR count). The highest BCUT2D eigenvalue weighted by Crippen LogP contribution is 2.44. The van der Waals surface area contributed by atoms with Crippen molar-refractivity contribution < 1.29 is 4.74 Å². The number of ether oxygens (including phenoxy) is 1. The van der Waals surface area contributed by atoms with Gasteiger partial charge in [0.2, 0.25) is 0 Å². The Morgan fingerprint density at radius 3 is 2.33 bits per heavy atom. The molecule has 0 aromatic heterocycles. The Balaban J connectivity index is 2.25. The predicted molar refractivity (Wildman–Crippen MR) is 35.1 cm³/mol. The average Bonchev–Trinajstić information content (AvgIpc) is 2.19. The molecule has 2 aliphatic rings. The SMILES string of the molecule is CC12CCC(N)(CO1)C2. The average molecular weight is 127 g/mol. The maximum atomic E-state index is 5.96. The molecule has 1 saturated carbocycles.